The van der Waals surface area contributed by atoms with E-state index in [1.165, 1.54) is 24.8 Å². The molecule has 0 saturated carbocycles. The fraction of sp³-hybridized carbons (Fsp3) is 0.762. The van der Waals surface area contributed by atoms with Gasteiger partial charge < -0.3 is 9.84 Å². The molecule has 3 nitrogen and oxygen atoms in total. The van der Waals surface area contributed by atoms with E-state index in [0.29, 0.717) is 6.61 Å². The van der Waals surface area contributed by atoms with Crippen LogP contribution in [0.2, 0.25) is 0 Å². The van der Waals surface area contributed by atoms with Crippen LogP contribution in [-0.2, 0) is 9.53 Å². The third kappa shape index (κ3) is 5.77. The van der Waals surface area contributed by atoms with Crippen LogP contribution in [-0.4, -0.2) is 24.8 Å². The van der Waals surface area contributed by atoms with Gasteiger partial charge in [-0.3, -0.25) is 4.79 Å². The second-order valence-corrected chi connectivity index (χ2v) is 7.48. The van der Waals surface area contributed by atoms with Crippen molar-refractivity contribution in [1.82, 2.24) is 0 Å². The van der Waals surface area contributed by atoms with Crippen molar-refractivity contribution in [1.29, 1.82) is 0 Å². The summed E-state index contributed by atoms with van der Waals surface area (Å²) in [7, 11) is 1.69. The Balaban J connectivity index is 2.71. The smallest absolute Gasteiger partial charge is 0.314 e. The number of carboxylic acid groups (broad SMARTS) is 1. The van der Waals surface area contributed by atoms with Gasteiger partial charge in [-0.15, -0.1) is 0 Å². The first-order valence-electron chi connectivity index (χ1n) is 9.58. The van der Waals surface area contributed by atoms with Crippen molar-refractivity contribution in [3.8, 4) is 0 Å². The Morgan fingerprint density at radius 3 is 2.58 bits per heavy atom. The van der Waals surface area contributed by atoms with E-state index in [1.807, 2.05) is 12.2 Å². The molecule has 0 aromatic carbocycles. The molecule has 0 spiro atoms. The molecule has 0 saturated heterocycles. The molecule has 2 atom stereocenters. The number of aliphatic carboxylic acids is 1. The van der Waals surface area contributed by atoms with Crippen molar-refractivity contribution in [3.05, 3.63) is 23.8 Å². The Morgan fingerprint density at radius 1 is 1.29 bits per heavy atom. The Kier molecular flexibility index (Phi) is 9.35. The van der Waals surface area contributed by atoms with Crippen molar-refractivity contribution < 1.29 is 14.6 Å². The Morgan fingerprint density at radius 2 is 2.00 bits per heavy atom. The molecule has 0 aliphatic heterocycles. The minimum atomic E-state index is -0.753. The van der Waals surface area contributed by atoms with E-state index in [2.05, 4.69) is 26.8 Å². The zero-order valence-corrected chi connectivity index (χ0v) is 16.0. The van der Waals surface area contributed by atoms with Crippen molar-refractivity contribution in [2.45, 2.75) is 72.1 Å². The highest BCUT2D eigenvalue weighted by Gasteiger charge is 2.45. The van der Waals surface area contributed by atoms with Crippen molar-refractivity contribution >= 4 is 5.97 Å². The van der Waals surface area contributed by atoms with Crippen LogP contribution in [0.25, 0.3) is 0 Å². The van der Waals surface area contributed by atoms with Crippen LogP contribution in [0.4, 0.5) is 0 Å². The first kappa shape index (κ1) is 21.0. The maximum absolute atomic E-state index is 12.2. The van der Waals surface area contributed by atoms with Crippen LogP contribution in [0.1, 0.15) is 72.1 Å². The number of unbranched alkanes of at least 4 members (excludes halogenated alkanes) is 3. The number of allylic oxidation sites excluding steroid dienone is 3. The van der Waals surface area contributed by atoms with Crippen LogP contribution in [0.5, 0.6) is 0 Å². The minimum absolute atomic E-state index is 0.0561. The van der Waals surface area contributed by atoms with Gasteiger partial charge in [-0.25, -0.2) is 0 Å². The topological polar surface area (TPSA) is 46.5 Å². The molecule has 1 N–H and O–H groups in total. The van der Waals surface area contributed by atoms with Gasteiger partial charge in [0.25, 0.3) is 0 Å². The van der Waals surface area contributed by atoms with Crippen LogP contribution < -0.4 is 0 Å². The van der Waals surface area contributed by atoms with E-state index in [1.54, 1.807) is 7.11 Å². The van der Waals surface area contributed by atoms with Gasteiger partial charge in [-0.2, -0.15) is 0 Å². The quantitative estimate of drug-likeness (QED) is 0.471. The van der Waals surface area contributed by atoms with E-state index < -0.39 is 11.4 Å². The van der Waals surface area contributed by atoms with Gasteiger partial charge in [0.05, 0.1) is 5.41 Å². The molecule has 0 aromatic heterocycles. The Bertz CT molecular complexity index is 436. The molecule has 0 radical (unpaired) electrons. The van der Waals surface area contributed by atoms with E-state index in [4.69, 9.17) is 4.74 Å². The monoisotopic (exact) mass is 336 g/mol. The SMILES string of the molecule is CCC1=CC=CC(CCCCCCC(C)C)(C(=O)O)C1CCOC. The van der Waals surface area contributed by atoms with Gasteiger partial charge in [-0.05, 0) is 25.2 Å². The van der Waals surface area contributed by atoms with Crippen molar-refractivity contribution in [2.75, 3.05) is 13.7 Å². The summed E-state index contributed by atoms with van der Waals surface area (Å²) in [4.78, 5) is 12.2. The molecule has 0 fully saturated rings. The van der Waals surface area contributed by atoms with E-state index in [9.17, 15) is 9.90 Å². The molecule has 0 heterocycles. The molecule has 1 aliphatic rings. The number of rotatable bonds is 12. The number of hydrogen-bond acceptors (Lipinski definition) is 2. The standard InChI is InChI=1S/C21H36O3/c1-5-18-12-10-15-21(20(22)23,19(18)13-16-24-4)14-9-7-6-8-11-17(2)3/h10,12,15,17,19H,5-9,11,13-14,16H2,1-4H3,(H,22,23). The summed E-state index contributed by atoms with van der Waals surface area (Å²) >= 11 is 0. The lowest BCUT2D eigenvalue weighted by Gasteiger charge is -2.38. The zero-order chi connectivity index (χ0) is 18.0. The summed E-state index contributed by atoms with van der Waals surface area (Å²) in [6.45, 7) is 7.24. The molecule has 24 heavy (non-hydrogen) atoms. The van der Waals surface area contributed by atoms with Gasteiger partial charge in [-0.1, -0.05) is 76.7 Å². The zero-order valence-electron chi connectivity index (χ0n) is 16.0. The van der Waals surface area contributed by atoms with E-state index in [0.717, 1.165) is 38.0 Å². The van der Waals surface area contributed by atoms with Crippen LogP contribution in [0.15, 0.2) is 23.8 Å². The number of hydrogen-bond donors (Lipinski definition) is 1. The molecule has 138 valence electrons. The summed E-state index contributed by atoms with van der Waals surface area (Å²) in [5.74, 6) is 0.133. The minimum Gasteiger partial charge on any atom is -0.481 e. The highest BCUT2D eigenvalue weighted by Crippen LogP contribution is 2.45. The molecule has 2 unspecified atom stereocenters. The van der Waals surface area contributed by atoms with Crippen LogP contribution >= 0.6 is 0 Å². The van der Waals surface area contributed by atoms with Gasteiger partial charge in [0.15, 0.2) is 0 Å². The fourth-order valence-corrected chi connectivity index (χ4v) is 3.86. The lowest BCUT2D eigenvalue weighted by atomic mass is 9.64. The van der Waals surface area contributed by atoms with Gasteiger partial charge >= 0.3 is 5.97 Å². The van der Waals surface area contributed by atoms with Crippen molar-refractivity contribution in [3.63, 3.8) is 0 Å². The predicted molar refractivity (Wildman–Crippen MR) is 100 cm³/mol. The third-order valence-corrected chi connectivity index (χ3v) is 5.31. The first-order valence-corrected chi connectivity index (χ1v) is 9.58. The molecule has 1 aliphatic carbocycles. The molecule has 0 aromatic rings. The maximum Gasteiger partial charge on any atom is 0.314 e. The predicted octanol–water partition coefficient (Wildman–Crippen LogP) is 5.61. The molecule has 0 bridgehead atoms. The number of carboxylic acids is 1. The lowest BCUT2D eigenvalue weighted by molar-refractivity contribution is -0.149. The summed E-state index contributed by atoms with van der Waals surface area (Å²) in [6.07, 6.45) is 14.2. The third-order valence-electron chi connectivity index (χ3n) is 5.31. The van der Waals surface area contributed by atoms with Gasteiger partial charge in [0.1, 0.15) is 0 Å². The normalized spacial score (nSPS) is 23.5. The maximum atomic E-state index is 12.2. The highest BCUT2D eigenvalue weighted by molar-refractivity contribution is 5.79. The Hall–Kier alpha value is -1.09. The highest BCUT2D eigenvalue weighted by atomic mass is 16.5. The largest absolute Gasteiger partial charge is 0.481 e. The first-order chi connectivity index (χ1) is 11.5. The van der Waals surface area contributed by atoms with Gasteiger partial charge in [0.2, 0.25) is 0 Å². The average molecular weight is 337 g/mol. The van der Waals surface area contributed by atoms with E-state index >= 15 is 0 Å². The molecular formula is C21H36O3. The second-order valence-electron chi connectivity index (χ2n) is 7.48. The van der Waals surface area contributed by atoms with Gasteiger partial charge in [0, 0.05) is 19.6 Å². The summed E-state index contributed by atoms with van der Waals surface area (Å²) < 4.78 is 5.25. The fourth-order valence-electron chi connectivity index (χ4n) is 3.86. The summed E-state index contributed by atoms with van der Waals surface area (Å²) in [6, 6.07) is 0. The number of ether oxygens (including phenoxy) is 1. The summed E-state index contributed by atoms with van der Waals surface area (Å²) in [5, 5.41) is 10.0. The summed E-state index contributed by atoms with van der Waals surface area (Å²) in [5.41, 5.74) is 0.494. The lowest BCUT2D eigenvalue weighted by Crippen LogP contribution is -2.40. The molecule has 0 amide bonds. The number of carbonyl (C=O) groups is 1. The van der Waals surface area contributed by atoms with E-state index in [-0.39, 0.29) is 5.92 Å². The molecular weight excluding hydrogens is 300 g/mol. The molecule has 3 heteroatoms. The van der Waals surface area contributed by atoms with Crippen LogP contribution in [0.3, 0.4) is 0 Å². The number of methoxy groups -OCH3 is 1. The van der Waals surface area contributed by atoms with Crippen molar-refractivity contribution in [2.24, 2.45) is 17.3 Å². The average Bonchev–Trinajstić information content (AvgIpc) is 2.55. The molecule has 1 rings (SSSR count). The second kappa shape index (κ2) is 10.7. The van der Waals surface area contributed by atoms with Crippen LogP contribution in [0, 0.1) is 17.3 Å². The Labute approximate surface area is 148 Å².